The smallest absolute Gasteiger partial charge is 0.141 e. The zero-order valence-electron chi connectivity index (χ0n) is 12.8. The van der Waals surface area contributed by atoms with Gasteiger partial charge in [0.15, 0.2) is 0 Å². The van der Waals surface area contributed by atoms with Gasteiger partial charge in [-0.05, 0) is 42.0 Å². The Balaban J connectivity index is 1.88. The van der Waals surface area contributed by atoms with Gasteiger partial charge in [-0.25, -0.2) is 9.37 Å². The molecule has 2 nitrogen and oxygen atoms in total. The van der Waals surface area contributed by atoms with Gasteiger partial charge in [0, 0.05) is 17.1 Å². The molecule has 4 heteroatoms. The molecule has 24 heavy (non-hydrogen) atoms. The molecule has 4 aromatic rings. The lowest BCUT2D eigenvalue weighted by Gasteiger charge is -2.10. The number of benzene rings is 3. The highest BCUT2D eigenvalue weighted by Gasteiger charge is 2.13. The monoisotopic (exact) mass is 336 g/mol. The highest BCUT2D eigenvalue weighted by atomic mass is 35.5. The molecule has 0 atom stereocenters. The Morgan fingerprint density at radius 2 is 1.71 bits per heavy atom. The normalized spacial score (nSPS) is 11.1. The summed E-state index contributed by atoms with van der Waals surface area (Å²) < 4.78 is 15.3. The maximum Gasteiger partial charge on any atom is 0.141 e. The SMILES string of the molecule is Fc1ccc(Cn2c(-c3cccc(Cl)c3)nc3ccccc32)cc1. The van der Waals surface area contributed by atoms with E-state index in [9.17, 15) is 4.39 Å². The van der Waals surface area contributed by atoms with Crippen LogP contribution < -0.4 is 0 Å². The van der Waals surface area contributed by atoms with Crippen molar-refractivity contribution in [1.29, 1.82) is 0 Å². The molecule has 0 fully saturated rings. The molecule has 0 spiro atoms. The Labute approximate surface area is 144 Å². The molecule has 0 aliphatic carbocycles. The summed E-state index contributed by atoms with van der Waals surface area (Å²) in [7, 11) is 0. The first-order valence-corrected chi connectivity index (χ1v) is 8.04. The molecule has 1 heterocycles. The molecule has 0 radical (unpaired) electrons. The van der Waals surface area contributed by atoms with Crippen LogP contribution >= 0.6 is 11.6 Å². The lowest BCUT2D eigenvalue weighted by molar-refractivity contribution is 0.626. The molecule has 118 valence electrons. The number of aromatic nitrogens is 2. The van der Waals surface area contributed by atoms with E-state index >= 15 is 0 Å². The molecule has 0 amide bonds. The van der Waals surface area contributed by atoms with Crippen molar-refractivity contribution in [3.63, 3.8) is 0 Å². The third kappa shape index (κ3) is 2.79. The maximum atomic E-state index is 13.2. The second-order valence-electron chi connectivity index (χ2n) is 5.65. The molecule has 0 aliphatic heterocycles. The minimum Gasteiger partial charge on any atom is -0.319 e. The van der Waals surface area contributed by atoms with Crippen LogP contribution in [0.1, 0.15) is 5.56 Å². The van der Waals surface area contributed by atoms with Crippen LogP contribution in [0, 0.1) is 5.82 Å². The summed E-state index contributed by atoms with van der Waals surface area (Å²) in [6.07, 6.45) is 0. The summed E-state index contributed by atoms with van der Waals surface area (Å²) in [5, 5.41) is 0.674. The van der Waals surface area contributed by atoms with Gasteiger partial charge in [-0.15, -0.1) is 0 Å². The van der Waals surface area contributed by atoms with Crippen LogP contribution in [-0.4, -0.2) is 9.55 Å². The molecule has 1 aromatic heterocycles. The fraction of sp³-hybridized carbons (Fsp3) is 0.0500. The van der Waals surface area contributed by atoms with Gasteiger partial charge in [0.2, 0.25) is 0 Å². The third-order valence-electron chi connectivity index (χ3n) is 3.99. The van der Waals surface area contributed by atoms with E-state index in [0.717, 1.165) is 28.0 Å². The predicted molar refractivity (Wildman–Crippen MR) is 95.7 cm³/mol. The molecular weight excluding hydrogens is 323 g/mol. The second kappa shape index (κ2) is 6.10. The van der Waals surface area contributed by atoms with Crippen LogP contribution in [-0.2, 0) is 6.54 Å². The van der Waals surface area contributed by atoms with Crippen molar-refractivity contribution in [2.24, 2.45) is 0 Å². The average Bonchev–Trinajstić information content (AvgIpc) is 2.96. The van der Waals surface area contributed by atoms with Gasteiger partial charge >= 0.3 is 0 Å². The quantitative estimate of drug-likeness (QED) is 0.480. The molecule has 0 saturated carbocycles. The number of fused-ring (bicyclic) bond motifs is 1. The molecule has 0 unspecified atom stereocenters. The lowest BCUT2D eigenvalue weighted by Crippen LogP contribution is -2.02. The molecule has 3 aromatic carbocycles. The largest absolute Gasteiger partial charge is 0.319 e. The first kappa shape index (κ1) is 14.9. The zero-order valence-corrected chi connectivity index (χ0v) is 13.5. The molecule has 4 rings (SSSR count). The Kier molecular flexibility index (Phi) is 3.79. The molecule has 0 N–H and O–H groups in total. The van der Waals surface area contributed by atoms with Crippen LogP contribution in [0.3, 0.4) is 0 Å². The Hall–Kier alpha value is -2.65. The van der Waals surface area contributed by atoms with Crippen molar-refractivity contribution in [2.75, 3.05) is 0 Å². The van der Waals surface area contributed by atoms with E-state index in [1.54, 1.807) is 12.1 Å². The number of halogens is 2. The van der Waals surface area contributed by atoms with Crippen molar-refractivity contribution in [3.05, 3.63) is 89.2 Å². The van der Waals surface area contributed by atoms with Crippen LogP contribution in [0.25, 0.3) is 22.4 Å². The molecule has 0 saturated heterocycles. The van der Waals surface area contributed by atoms with Crippen molar-refractivity contribution < 1.29 is 4.39 Å². The first-order chi connectivity index (χ1) is 11.7. The van der Waals surface area contributed by atoms with Crippen molar-refractivity contribution >= 4 is 22.6 Å². The van der Waals surface area contributed by atoms with Crippen molar-refractivity contribution in [2.45, 2.75) is 6.54 Å². The number of hydrogen-bond donors (Lipinski definition) is 0. The maximum absolute atomic E-state index is 13.2. The van der Waals surface area contributed by atoms with Crippen molar-refractivity contribution in [3.8, 4) is 11.4 Å². The van der Waals surface area contributed by atoms with Crippen LogP contribution in [0.5, 0.6) is 0 Å². The van der Waals surface area contributed by atoms with Gasteiger partial charge < -0.3 is 4.57 Å². The first-order valence-electron chi connectivity index (χ1n) is 7.66. The summed E-state index contributed by atoms with van der Waals surface area (Å²) in [5.41, 5.74) is 3.94. The Morgan fingerprint density at radius 1 is 0.917 bits per heavy atom. The standard InChI is InChI=1S/C20H14ClFN2/c21-16-5-3-4-15(12-16)20-23-18-6-1-2-7-19(18)24(20)13-14-8-10-17(22)11-9-14/h1-12H,13H2. The van der Waals surface area contributed by atoms with E-state index in [4.69, 9.17) is 16.6 Å². The highest BCUT2D eigenvalue weighted by Crippen LogP contribution is 2.27. The highest BCUT2D eigenvalue weighted by molar-refractivity contribution is 6.30. The Morgan fingerprint density at radius 3 is 2.50 bits per heavy atom. The van der Waals surface area contributed by atoms with Gasteiger partial charge in [0.1, 0.15) is 11.6 Å². The molecule has 0 bridgehead atoms. The van der Waals surface area contributed by atoms with Gasteiger partial charge in [-0.2, -0.15) is 0 Å². The van der Waals surface area contributed by atoms with Crippen molar-refractivity contribution in [1.82, 2.24) is 9.55 Å². The summed E-state index contributed by atoms with van der Waals surface area (Å²) in [5.74, 6) is 0.618. The Bertz CT molecular complexity index is 1010. The van der Waals surface area contributed by atoms with Gasteiger partial charge in [0.25, 0.3) is 0 Å². The van der Waals surface area contributed by atoms with E-state index in [1.807, 2.05) is 48.5 Å². The van der Waals surface area contributed by atoms with E-state index in [1.165, 1.54) is 12.1 Å². The molecular formula is C20H14ClFN2. The van der Waals surface area contributed by atoms with Gasteiger partial charge in [0.05, 0.1) is 11.0 Å². The summed E-state index contributed by atoms with van der Waals surface area (Å²) in [6.45, 7) is 0.614. The molecule has 0 aliphatic rings. The lowest BCUT2D eigenvalue weighted by atomic mass is 10.2. The fourth-order valence-corrected chi connectivity index (χ4v) is 3.05. The minimum absolute atomic E-state index is 0.232. The zero-order chi connectivity index (χ0) is 16.5. The fourth-order valence-electron chi connectivity index (χ4n) is 2.86. The number of para-hydroxylation sites is 2. The van der Waals surface area contributed by atoms with E-state index in [2.05, 4.69) is 4.57 Å². The van der Waals surface area contributed by atoms with Crippen LogP contribution in [0.15, 0.2) is 72.8 Å². The summed E-state index contributed by atoms with van der Waals surface area (Å²) >= 11 is 6.14. The van der Waals surface area contributed by atoms with Gasteiger partial charge in [-0.3, -0.25) is 0 Å². The number of rotatable bonds is 3. The van der Waals surface area contributed by atoms with Crippen LogP contribution in [0.2, 0.25) is 5.02 Å². The van der Waals surface area contributed by atoms with E-state index in [-0.39, 0.29) is 5.82 Å². The predicted octanol–water partition coefficient (Wildman–Crippen LogP) is 5.54. The summed E-state index contributed by atoms with van der Waals surface area (Å²) in [4.78, 5) is 4.77. The third-order valence-corrected chi connectivity index (χ3v) is 4.23. The average molecular weight is 337 g/mol. The van der Waals surface area contributed by atoms with Crippen LogP contribution in [0.4, 0.5) is 4.39 Å². The van der Waals surface area contributed by atoms with E-state index < -0.39 is 0 Å². The minimum atomic E-state index is -0.232. The number of imidazole rings is 1. The summed E-state index contributed by atoms with van der Waals surface area (Å²) in [6, 6.07) is 22.2. The van der Waals surface area contributed by atoms with E-state index in [0.29, 0.717) is 11.6 Å². The second-order valence-corrected chi connectivity index (χ2v) is 6.08. The topological polar surface area (TPSA) is 17.8 Å². The number of hydrogen-bond acceptors (Lipinski definition) is 1. The number of nitrogens with zero attached hydrogens (tertiary/aromatic N) is 2. The van der Waals surface area contributed by atoms with Gasteiger partial charge in [-0.1, -0.05) is 48.0 Å².